The first-order valence-electron chi connectivity index (χ1n) is 7.65. The largest absolute Gasteiger partial charge is 0.391 e. The zero-order valence-electron chi connectivity index (χ0n) is 12.5. The van der Waals surface area contributed by atoms with Gasteiger partial charge in [0.1, 0.15) is 5.65 Å². The van der Waals surface area contributed by atoms with Gasteiger partial charge < -0.3 is 10.4 Å². The first-order valence-corrected chi connectivity index (χ1v) is 7.65. The van der Waals surface area contributed by atoms with Gasteiger partial charge in [-0.3, -0.25) is 19.3 Å². The lowest BCUT2D eigenvalue weighted by Gasteiger charge is -2.18. The number of nitrogens with zero attached hydrogens (tertiary/aromatic N) is 3. The van der Waals surface area contributed by atoms with Crippen molar-refractivity contribution in [3.8, 4) is 0 Å². The van der Waals surface area contributed by atoms with Crippen LogP contribution in [0.1, 0.15) is 25.7 Å². The van der Waals surface area contributed by atoms with Gasteiger partial charge >= 0.3 is 11.2 Å². The Morgan fingerprint density at radius 3 is 2.87 bits per heavy atom. The zero-order chi connectivity index (χ0) is 16.4. The van der Waals surface area contributed by atoms with Crippen LogP contribution < -0.4 is 10.9 Å². The average Bonchev–Trinajstić information content (AvgIpc) is 3.07. The van der Waals surface area contributed by atoms with Crippen molar-refractivity contribution in [2.45, 2.75) is 31.8 Å². The normalized spacial score (nSPS) is 16.6. The Balaban J connectivity index is 1.91. The summed E-state index contributed by atoms with van der Waals surface area (Å²) in [7, 11) is 0. The number of nitro groups is 1. The third kappa shape index (κ3) is 3.02. The second-order valence-corrected chi connectivity index (χ2v) is 5.79. The van der Waals surface area contributed by atoms with E-state index in [1.54, 1.807) is 18.2 Å². The van der Waals surface area contributed by atoms with E-state index in [4.69, 9.17) is 0 Å². The molecule has 0 bridgehead atoms. The quantitative estimate of drug-likeness (QED) is 0.639. The topological polar surface area (TPSA) is 110 Å². The van der Waals surface area contributed by atoms with Crippen LogP contribution in [0.2, 0.25) is 0 Å². The number of hydrogen-bond acceptors (Lipinski definition) is 6. The van der Waals surface area contributed by atoms with Crippen LogP contribution in [0.25, 0.3) is 5.65 Å². The average molecular weight is 318 g/mol. The maximum absolute atomic E-state index is 12.3. The van der Waals surface area contributed by atoms with Crippen molar-refractivity contribution < 1.29 is 10.0 Å². The summed E-state index contributed by atoms with van der Waals surface area (Å²) in [5.41, 5.74) is -1.02. The van der Waals surface area contributed by atoms with Gasteiger partial charge in [0, 0.05) is 12.7 Å². The van der Waals surface area contributed by atoms with Gasteiger partial charge in [0.05, 0.1) is 11.0 Å². The maximum Gasteiger partial charge on any atom is 0.376 e. The molecule has 1 fully saturated rings. The van der Waals surface area contributed by atoms with Crippen molar-refractivity contribution in [2.75, 3.05) is 11.9 Å². The monoisotopic (exact) mass is 318 g/mol. The van der Waals surface area contributed by atoms with Gasteiger partial charge in [0.15, 0.2) is 0 Å². The second-order valence-electron chi connectivity index (χ2n) is 5.79. The molecule has 0 radical (unpaired) electrons. The van der Waals surface area contributed by atoms with Gasteiger partial charge in [-0.15, -0.1) is 0 Å². The van der Waals surface area contributed by atoms with E-state index in [0.717, 1.165) is 30.1 Å². The Labute approximate surface area is 131 Å². The molecule has 23 heavy (non-hydrogen) atoms. The molecule has 2 heterocycles. The maximum atomic E-state index is 12.3. The lowest BCUT2D eigenvalue weighted by atomic mass is 10.0. The van der Waals surface area contributed by atoms with Crippen LogP contribution >= 0.6 is 0 Å². The molecular weight excluding hydrogens is 300 g/mol. The standard InChI is InChI=1S/C15H18N4O4/c20-11(10-5-1-2-6-10)9-16-14-13(19(22)23)15(21)18-8-4-3-7-12(18)17-14/h3-4,7-8,10-11,16,20H,1-2,5-6,9H2. The fourth-order valence-corrected chi connectivity index (χ4v) is 3.08. The number of fused-ring (bicyclic) bond motifs is 1. The Kier molecular flexibility index (Phi) is 4.24. The molecule has 0 spiro atoms. The highest BCUT2D eigenvalue weighted by atomic mass is 16.6. The molecule has 8 nitrogen and oxygen atoms in total. The molecule has 0 aliphatic heterocycles. The number of hydrogen-bond donors (Lipinski definition) is 2. The second kappa shape index (κ2) is 6.33. The molecule has 3 rings (SSSR count). The summed E-state index contributed by atoms with van der Waals surface area (Å²) in [5, 5.41) is 24.2. The highest BCUT2D eigenvalue weighted by molar-refractivity contribution is 5.59. The van der Waals surface area contributed by atoms with Crippen molar-refractivity contribution in [2.24, 2.45) is 5.92 Å². The zero-order valence-corrected chi connectivity index (χ0v) is 12.5. The van der Waals surface area contributed by atoms with Crippen LogP contribution in [0, 0.1) is 16.0 Å². The van der Waals surface area contributed by atoms with E-state index in [1.165, 1.54) is 6.20 Å². The van der Waals surface area contributed by atoms with Crippen molar-refractivity contribution >= 4 is 17.2 Å². The summed E-state index contributed by atoms with van der Waals surface area (Å²) in [4.78, 5) is 26.9. The SMILES string of the molecule is O=c1c([N+](=O)[O-])c(NCC(O)C2CCCC2)nc2ccccn12. The van der Waals surface area contributed by atoms with Crippen molar-refractivity contribution in [3.05, 3.63) is 44.9 Å². The van der Waals surface area contributed by atoms with Crippen molar-refractivity contribution in [1.82, 2.24) is 9.38 Å². The van der Waals surface area contributed by atoms with Crippen molar-refractivity contribution in [3.63, 3.8) is 0 Å². The fraction of sp³-hybridized carbons (Fsp3) is 0.467. The molecule has 2 aromatic heterocycles. The third-order valence-electron chi connectivity index (χ3n) is 4.32. The smallest absolute Gasteiger partial charge is 0.376 e. The Morgan fingerprint density at radius 2 is 2.17 bits per heavy atom. The lowest BCUT2D eigenvalue weighted by molar-refractivity contribution is -0.385. The molecule has 2 N–H and O–H groups in total. The number of pyridine rings is 1. The summed E-state index contributed by atoms with van der Waals surface area (Å²) in [5.74, 6) is 0.103. The molecule has 1 aliphatic carbocycles. The molecule has 1 saturated carbocycles. The molecule has 8 heteroatoms. The molecule has 122 valence electrons. The minimum Gasteiger partial charge on any atom is -0.391 e. The Bertz CT molecular complexity index is 783. The molecule has 1 atom stereocenters. The van der Waals surface area contributed by atoms with Crippen LogP contribution in [0.5, 0.6) is 0 Å². The van der Waals surface area contributed by atoms with Crippen LogP contribution in [-0.4, -0.2) is 32.1 Å². The lowest BCUT2D eigenvalue weighted by Crippen LogP contribution is -2.28. The highest BCUT2D eigenvalue weighted by Gasteiger charge is 2.26. The van der Waals surface area contributed by atoms with Gasteiger partial charge in [-0.1, -0.05) is 18.9 Å². The van der Waals surface area contributed by atoms with Gasteiger partial charge in [-0.2, -0.15) is 0 Å². The number of nitrogens with one attached hydrogen (secondary N) is 1. The van der Waals surface area contributed by atoms with Crippen LogP contribution in [0.3, 0.4) is 0 Å². The number of aliphatic hydroxyl groups excluding tert-OH is 1. The van der Waals surface area contributed by atoms with Crippen LogP contribution in [0.15, 0.2) is 29.2 Å². The van der Waals surface area contributed by atoms with E-state index in [9.17, 15) is 20.0 Å². The molecule has 2 aromatic rings. The van der Waals surface area contributed by atoms with E-state index in [2.05, 4.69) is 10.3 Å². The number of rotatable bonds is 5. The van der Waals surface area contributed by atoms with E-state index >= 15 is 0 Å². The minimum atomic E-state index is -0.738. The fourth-order valence-electron chi connectivity index (χ4n) is 3.08. The van der Waals surface area contributed by atoms with E-state index in [0.29, 0.717) is 5.65 Å². The highest BCUT2D eigenvalue weighted by Crippen LogP contribution is 2.28. The molecule has 0 aromatic carbocycles. The molecule has 0 amide bonds. The van der Waals surface area contributed by atoms with Gasteiger partial charge in [-0.25, -0.2) is 4.98 Å². The number of aliphatic hydroxyl groups is 1. The summed E-state index contributed by atoms with van der Waals surface area (Å²) in [6, 6.07) is 4.91. The summed E-state index contributed by atoms with van der Waals surface area (Å²) < 4.78 is 1.14. The van der Waals surface area contributed by atoms with Gasteiger partial charge in [-0.05, 0) is 30.9 Å². The predicted octanol–water partition coefficient (Wildman–Crippen LogP) is 1.57. The summed E-state index contributed by atoms with van der Waals surface area (Å²) in [6.07, 6.45) is 4.94. The minimum absolute atomic E-state index is 0.0942. The Hall–Kier alpha value is -2.48. The molecular formula is C15H18N4O4. The molecule has 1 aliphatic rings. The van der Waals surface area contributed by atoms with E-state index < -0.39 is 22.3 Å². The van der Waals surface area contributed by atoms with E-state index in [-0.39, 0.29) is 18.3 Å². The van der Waals surface area contributed by atoms with Crippen LogP contribution in [0.4, 0.5) is 11.5 Å². The first-order chi connectivity index (χ1) is 11.1. The molecule has 1 unspecified atom stereocenters. The van der Waals surface area contributed by atoms with E-state index in [1.807, 2.05) is 0 Å². The predicted molar refractivity (Wildman–Crippen MR) is 84.6 cm³/mol. The summed E-state index contributed by atoms with van der Waals surface area (Å²) in [6.45, 7) is 0.140. The summed E-state index contributed by atoms with van der Waals surface area (Å²) >= 11 is 0. The van der Waals surface area contributed by atoms with Crippen molar-refractivity contribution in [1.29, 1.82) is 0 Å². The van der Waals surface area contributed by atoms with Gasteiger partial charge in [0.25, 0.3) is 0 Å². The number of aromatic nitrogens is 2. The Morgan fingerprint density at radius 1 is 1.43 bits per heavy atom. The van der Waals surface area contributed by atoms with Crippen LogP contribution in [-0.2, 0) is 0 Å². The third-order valence-corrected chi connectivity index (χ3v) is 4.32. The molecule has 0 saturated heterocycles. The number of anilines is 1. The first kappa shape index (κ1) is 15.4. The van der Waals surface area contributed by atoms with Gasteiger partial charge in [0.2, 0.25) is 5.82 Å².